The van der Waals surface area contributed by atoms with Crippen molar-refractivity contribution >= 4 is 22.4 Å². The van der Waals surface area contributed by atoms with E-state index in [1.165, 1.54) is 10.8 Å². The van der Waals surface area contributed by atoms with Crippen molar-refractivity contribution in [3.63, 3.8) is 0 Å². The fourth-order valence-corrected chi connectivity index (χ4v) is 3.62. The molecule has 0 unspecified atom stereocenters. The maximum absolute atomic E-state index is 13.0. The molecule has 5 rings (SSSR count). The molecule has 1 amide bonds. The maximum atomic E-state index is 13.0. The molecule has 3 aromatic rings. The first kappa shape index (κ1) is 13.6. The zero-order valence-corrected chi connectivity index (χ0v) is 13.3. The molecule has 2 aliphatic rings. The molecule has 1 aliphatic heterocycles. The topological polar surface area (TPSA) is 32.3 Å². The zero-order valence-electron chi connectivity index (χ0n) is 13.3. The van der Waals surface area contributed by atoms with Gasteiger partial charge in [-0.2, -0.15) is 0 Å². The second kappa shape index (κ2) is 5.10. The molecule has 1 fully saturated rings. The summed E-state index contributed by atoms with van der Waals surface area (Å²) < 4.78 is 0. The normalized spacial score (nSPS) is 19.9. The number of amides is 1. The Bertz CT molecular complexity index is 945. The summed E-state index contributed by atoms with van der Waals surface area (Å²) in [5.74, 6) is 0.144. The lowest BCUT2D eigenvalue weighted by molar-refractivity contribution is 0.0666. The molecule has 0 spiro atoms. The first-order valence-electron chi connectivity index (χ1n) is 8.48. The number of rotatable bonds is 2. The molecule has 3 heteroatoms. The molecule has 1 N–H and O–H groups in total. The van der Waals surface area contributed by atoms with Crippen molar-refractivity contribution in [1.82, 2.24) is 4.90 Å². The lowest BCUT2D eigenvalue weighted by Gasteiger charge is -2.38. The van der Waals surface area contributed by atoms with Gasteiger partial charge in [0.15, 0.2) is 0 Å². The van der Waals surface area contributed by atoms with Crippen molar-refractivity contribution in [3.05, 3.63) is 77.9 Å². The second-order valence-electron chi connectivity index (χ2n) is 6.64. The average molecular weight is 314 g/mol. The Morgan fingerprint density at radius 1 is 0.875 bits per heavy atom. The summed E-state index contributed by atoms with van der Waals surface area (Å²) in [6.45, 7) is 0. The number of fused-ring (bicyclic) bond motifs is 2. The molecule has 118 valence electrons. The minimum absolute atomic E-state index is 0.0930. The summed E-state index contributed by atoms with van der Waals surface area (Å²) in [5.41, 5.74) is 2.85. The molecule has 0 aromatic heterocycles. The van der Waals surface area contributed by atoms with Crippen molar-refractivity contribution < 1.29 is 4.79 Å². The number of carbonyl (C=O) groups excluding carboxylic acids is 1. The Kier molecular flexibility index (Phi) is 2.89. The number of benzene rings is 3. The van der Waals surface area contributed by atoms with Gasteiger partial charge in [-0.05, 0) is 47.4 Å². The summed E-state index contributed by atoms with van der Waals surface area (Å²) in [5, 5.41) is 6.02. The zero-order chi connectivity index (χ0) is 16.1. The van der Waals surface area contributed by atoms with E-state index in [0.717, 1.165) is 29.7 Å². The van der Waals surface area contributed by atoms with Crippen LogP contribution in [0.25, 0.3) is 10.8 Å². The molecule has 0 radical (unpaired) electrons. The summed E-state index contributed by atoms with van der Waals surface area (Å²) in [6, 6.07) is 23.0. The van der Waals surface area contributed by atoms with Gasteiger partial charge in [-0.3, -0.25) is 4.79 Å². The highest BCUT2D eigenvalue weighted by Crippen LogP contribution is 2.41. The molecule has 1 aliphatic carbocycles. The second-order valence-corrected chi connectivity index (χ2v) is 6.64. The summed E-state index contributed by atoms with van der Waals surface area (Å²) in [7, 11) is 0. The van der Waals surface area contributed by atoms with E-state index in [2.05, 4.69) is 47.8 Å². The SMILES string of the molecule is O=C1c2ccccc2N[C@H](c2ccc3ccccc3c2)N1C1CC1. The van der Waals surface area contributed by atoms with Crippen LogP contribution in [0, 0.1) is 0 Å². The van der Waals surface area contributed by atoms with Crippen LogP contribution >= 0.6 is 0 Å². The smallest absolute Gasteiger partial charge is 0.258 e. The van der Waals surface area contributed by atoms with Gasteiger partial charge in [0.1, 0.15) is 6.17 Å². The van der Waals surface area contributed by atoms with Crippen molar-refractivity contribution in [2.24, 2.45) is 0 Å². The van der Waals surface area contributed by atoms with Gasteiger partial charge >= 0.3 is 0 Å². The highest BCUT2D eigenvalue weighted by atomic mass is 16.2. The van der Waals surface area contributed by atoms with Crippen LogP contribution in [0.3, 0.4) is 0 Å². The van der Waals surface area contributed by atoms with Gasteiger partial charge in [0.2, 0.25) is 0 Å². The number of para-hydroxylation sites is 1. The summed E-state index contributed by atoms with van der Waals surface area (Å²) >= 11 is 0. The standard InChI is InChI=1S/C21H18N2O/c24-21-18-7-3-4-8-19(18)22-20(23(21)17-11-12-17)16-10-9-14-5-1-2-6-15(14)13-16/h1-10,13,17,20,22H,11-12H2/t20-/m0/s1. The molecule has 3 nitrogen and oxygen atoms in total. The third kappa shape index (κ3) is 2.08. The molecular formula is C21H18N2O. The van der Waals surface area contributed by atoms with Gasteiger partial charge in [-0.15, -0.1) is 0 Å². The van der Waals surface area contributed by atoms with Crippen molar-refractivity contribution in [1.29, 1.82) is 0 Å². The van der Waals surface area contributed by atoms with Crippen LogP contribution < -0.4 is 5.32 Å². The quantitative estimate of drug-likeness (QED) is 0.751. The minimum Gasteiger partial charge on any atom is -0.361 e. The summed E-state index contributed by atoms with van der Waals surface area (Å²) in [6.07, 6.45) is 2.10. The number of anilines is 1. The molecule has 3 aromatic carbocycles. The van der Waals surface area contributed by atoms with Crippen molar-refractivity contribution in [2.75, 3.05) is 5.32 Å². The van der Waals surface area contributed by atoms with Crippen LogP contribution in [-0.2, 0) is 0 Å². The highest BCUT2D eigenvalue weighted by Gasteiger charge is 2.41. The van der Waals surface area contributed by atoms with Crippen LogP contribution in [0.4, 0.5) is 5.69 Å². The highest BCUT2D eigenvalue weighted by molar-refractivity contribution is 6.02. The summed E-state index contributed by atoms with van der Waals surface area (Å²) in [4.78, 5) is 15.1. The van der Waals surface area contributed by atoms with Crippen LogP contribution in [0.5, 0.6) is 0 Å². The third-order valence-corrected chi connectivity index (χ3v) is 4.99. The average Bonchev–Trinajstić information content (AvgIpc) is 3.46. The third-order valence-electron chi connectivity index (χ3n) is 4.99. The molecule has 24 heavy (non-hydrogen) atoms. The van der Waals surface area contributed by atoms with Gasteiger partial charge in [0, 0.05) is 11.7 Å². The van der Waals surface area contributed by atoms with Crippen LogP contribution in [0.2, 0.25) is 0 Å². The van der Waals surface area contributed by atoms with E-state index in [4.69, 9.17) is 0 Å². The van der Waals surface area contributed by atoms with E-state index in [9.17, 15) is 4.79 Å². The van der Waals surface area contributed by atoms with Gasteiger partial charge in [0.25, 0.3) is 5.91 Å². The molecule has 1 heterocycles. The number of nitrogens with one attached hydrogen (secondary N) is 1. The van der Waals surface area contributed by atoms with Gasteiger partial charge in [-0.1, -0.05) is 48.5 Å². The fraction of sp³-hybridized carbons (Fsp3) is 0.190. The van der Waals surface area contributed by atoms with E-state index in [-0.39, 0.29) is 12.1 Å². The van der Waals surface area contributed by atoms with E-state index in [1.807, 2.05) is 29.2 Å². The van der Waals surface area contributed by atoms with Crippen LogP contribution in [0.15, 0.2) is 66.7 Å². The predicted octanol–water partition coefficient (Wildman–Crippen LogP) is 4.57. The van der Waals surface area contributed by atoms with E-state index in [1.54, 1.807) is 0 Å². The monoisotopic (exact) mass is 314 g/mol. The van der Waals surface area contributed by atoms with Crippen molar-refractivity contribution in [2.45, 2.75) is 25.0 Å². The number of hydrogen-bond donors (Lipinski definition) is 1. The number of nitrogens with zero attached hydrogens (tertiary/aromatic N) is 1. The Morgan fingerprint density at radius 3 is 2.46 bits per heavy atom. The van der Waals surface area contributed by atoms with Crippen LogP contribution in [0.1, 0.15) is 34.9 Å². The van der Waals surface area contributed by atoms with E-state index in [0.29, 0.717) is 6.04 Å². The van der Waals surface area contributed by atoms with Gasteiger partial charge in [0.05, 0.1) is 5.56 Å². The Labute approximate surface area is 140 Å². The number of carbonyl (C=O) groups is 1. The van der Waals surface area contributed by atoms with Gasteiger partial charge < -0.3 is 10.2 Å². The van der Waals surface area contributed by atoms with Crippen molar-refractivity contribution in [3.8, 4) is 0 Å². The fourth-order valence-electron chi connectivity index (χ4n) is 3.62. The molecule has 1 atom stereocenters. The minimum atomic E-state index is -0.0930. The molecule has 1 saturated carbocycles. The van der Waals surface area contributed by atoms with E-state index >= 15 is 0 Å². The Hall–Kier alpha value is -2.81. The van der Waals surface area contributed by atoms with Crippen LogP contribution in [-0.4, -0.2) is 16.8 Å². The maximum Gasteiger partial charge on any atom is 0.258 e. The molecule has 0 bridgehead atoms. The lowest BCUT2D eigenvalue weighted by atomic mass is 10.0. The Morgan fingerprint density at radius 2 is 1.62 bits per heavy atom. The first-order valence-corrected chi connectivity index (χ1v) is 8.48. The first-order chi connectivity index (χ1) is 11.8. The molecule has 0 saturated heterocycles. The predicted molar refractivity (Wildman–Crippen MR) is 95.9 cm³/mol. The Balaban J connectivity index is 1.63. The number of hydrogen-bond acceptors (Lipinski definition) is 2. The molecular weight excluding hydrogens is 296 g/mol. The van der Waals surface area contributed by atoms with E-state index < -0.39 is 0 Å². The van der Waals surface area contributed by atoms with Gasteiger partial charge in [-0.25, -0.2) is 0 Å². The largest absolute Gasteiger partial charge is 0.361 e. The lowest BCUT2D eigenvalue weighted by Crippen LogP contribution is -2.44.